The van der Waals surface area contributed by atoms with Crippen LogP contribution in [0.5, 0.6) is 0 Å². The highest BCUT2D eigenvalue weighted by Gasteiger charge is 2.14. The first-order valence-corrected chi connectivity index (χ1v) is 10.7. The number of nitrogens with zero attached hydrogens (tertiary/aromatic N) is 1. The molecule has 3 rings (SSSR count). The number of anilines is 1. The molecule has 7 heteroatoms. The number of amides is 1. The molecule has 0 saturated carbocycles. The number of aromatic amines is 1. The van der Waals surface area contributed by atoms with Gasteiger partial charge in [0.05, 0.1) is 6.42 Å². The number of rotatable bonds is 7. The van der Waals surface area contributed by atoms with Gasteiger partial charge in [-0.25, -0.2) is 4.98 Å². The molecule has 0 unspecified atom stereocenters. The minimum atomic E-state index is -0.287. The molecule has 0 aliphatic heterocycles. The summed E-state index contributed by atoms with van der Waals surface area (Å²) in [5, 5.41) is 4.09. The molecule has 0 aliphatic rings. The third-order valence-electron chi connectivity index (χ3n) is 4.47. The van der Waals surface area contributed by atoms with E-state index in [9.17, 15) is 9.59 Å². The predicted octanol–water partition coefficient (Wildman–Crippen LogP) is 4.77. The van der Waals surface area contributed by atoms with Crippen molar-refractivity contribution in [2.24, 2.45) is 0 Å². The second-order valence-corrected chi connectivity index (χ2v) is 7.99. The molecule has 2 aromatic carbocycles. The first kappa shape index (κ1) is 21.1. The first-order valence-electron chi connectivity index (χ1n) is 9.31. The maximum absolute atomic E-state index is 12.5. The normalized spacial score (nSPS) is 10.7. The topological polar surface area (TPSA) is 74.8 Å². The molecule has 2 N–H and O–H groups in total. The Morgan fingerprint density at radius 1 is 1.21 bits per heavy atom. The van der Waals surface area contributed by atoms with Crippen molar-refractivity contribution in [1.82, 2.24) is 9.97 Å². The van der Waals surface area contributed by atoms with E-state index in [-0.39, 0.29) is 17.9 Å². The predicted molar refractivity (Wildman–Crippen MR) is 119 cm³/mol. The van der Waals surface area contributed by atoms with Gasteiger partial charge in [0, 0.05) is 27.7 Å². The van der Waals surface area contributed by atoms with Crippen LogP contribution in [0.15, 0.2) is 58.5 Å². The number of hydrogen-bond acceptors (Lipinski definition) is 4. The Balaban J connectivity index is 1.69. The zero-order valence-electron chi connectivity index (χ0n) is 16.3. The van der Waals surface area contributed by atoms with Crippen LogP contribution in [0.3, 0.4) is 0 Å². The highest BCUT2D eigenvalue weighted by molar-refractivity contribution is 7.98. The summed E-state index contributed by atoms with van der Waals surface area (Å²) in [6.07, 6.45) is 0.793. The Bertz CT molecular complexity index is 1080. The largest absolute Gasteiger partial charge is 0.326 e. The number of H-pyrrole nitrogens is 1. The van der Waals surface area contributed by atoms with Gasteiger partial charge in [-0.2, -0.15) is 0 Å². The quantitative estimate of drug-likeness (QED) is 0.420. The van der Waals surface area contributed by atoms with Crippen molar-refractivity contribution in [1.29, 1.82) is 0 Å². The SMILES string of the molecule is CCc1ccccc1NC(=O)Cc1c(C)nc(SCc2cccc(Cl)c2)[nH]c1=O. The van der Waals surface area contributed by atoms with Gasteiger partial charge in [-0.15, -0.1) is 0 Å². The standard InChI is InChI=1S/C22H22ClN3O2S/c1-3-16-8-4-5-10-19(16)25-20(27)12-18-14(2)24-22(26-21(18)28)29-13-15-7-6-9-17(23)11-15/h4-11H,3,12-13H2,1-2H3,(H,25,27)(H,24,26,28). The number of carbonyl (C=O) groups is 1. The molecule has 150 valence electrons. The fraction of sp³-hybridized carbons (Fsp3) is 0.227. The summed E-state index contributed by atoms with van der Waals surface area (Å²) < 4.78 is 0. The van der Waals surface area contributed by atoms with Gasteiger partial charge in [-0.05, 0) is 42.7 Å². The third-order valence-corrected chi connectivity index (χ3v) is 5.65. The zero-order chi connectivity index (χ0) is 20.8. The van der Waals surface area contributed by atoms with E-state index < -0.39 is 0 Å². The van der Waals surface area contributed by atoms with E-state index in [1.807, 2.05) is 55.5 Å². The van der Waals surface area contributed by atoms with E-state index in [1.54, 1.807) is 6.92 Å². The summed E-state index contributed by atoms with van der Waals surface area (Å²) in [6.45, 7) is 3.78. The molecule has 1 aromatic heterocycles. The molecule has 0 spiro atoms. The highest BCUT2D eigenvalue weighted by atomic mass is 35.5. The maximum Gasteiger partial charge on any atom is 0.255 e. The van der Waals surface area contributed by atoms with Crippen LogP contribution in [0.4, 0.5) is 5.69 Å². The lowest BCUT2D eigenvalue weighted by molar-refractivity contribution is -0.115. The Labute approximate surface area is 178 Å². The fourth-order valence-corrected chi connectivity index (χ4v) is 4.01. The van der Waals surface area contributed by atoms with Gasteiger partial charge >= 0.3 is 0 Å². The minimum absolute atomic E-state index is 0.0224. The van der Waals surface area contributed by atoms with Crippen molar-refractivity contribution < 1.29 is 4.79 Å². The van der Waals surface area contributed by atoms with Crippen molar-refractivity contribution in [2.75, 3.05) is 5.32 Å². The van der Waals surface area contributed by atoms with E-state index >= 15 is 0 Å². The number of aromatic nitrogens is 2. The molecule has 0 atom stereocenters. The van der Waals surface area contributed by atoms with Crippen LogP contribution in [0.2, 0.25) is 5.02 Å². The van der Waals surface area contributed by atoms with Gasteiger partial charge in [0.15, 0.2) is 5.16 Å². The Morgan fingerprint density at radius 2 is 2.00 bits per heavy atom. The van der Waals surface area contributed by atoms with Crippen LogP contribution in [-0.4, -0.2) is 15.9 Å². The Kier molecular flexibility index (Phi) is 7.12. The minimum Gasteiger partial charge on any atom is -0.326 e. The number of halogens is 1. The second-order valence-electron chi connectivity index (χ2n) is 6.59. The van der Waals surface area contributed by atoms with Crippen LogP contribution in [0.1, 0.15) is 29.3 Å². The lowest BCUT2D eigenvalue weighted by atomic mass is 10.1. The fourth-order valence-electron chi connectivity index (χ4n) is 2.95. The first-order chi connectivity index (χ1) is 14.0. The average molecular weight is 428 g/mol. The summed E-state index contributed by atoms with van der Waals surface area (Å²) in [5.41, 5.74) is 3.52. The molecule has 3 aromatic rings. The van der Waals surface area contributed by atoms with Crippen molar-refractivity contribution in [3.05, 3.63) is 86.3 Å². The number of nitrogens with one attached hydrogen (secondary N) is 2. The van der Waals surface area contributed by atoms with Crippen molar-refractivity contribution in [2.45, 2.75) is 37.6 Å². The van der Waals surface area contributed by atoms with E-state index in [0.29, 0.717) is 27.2 Å². The van der Waals surface area contributed by atoms with Gasteiger partial charge < -0.3 is 10.3 Å². The van der Waals surface area contributed by atoms with Crippen LogP contribution < -0.4 is 10.9 Å². The molecule has 1 amide bonds. The van der Waals surface area contributed by atoms with Gasteiger partial charge in [0.25, 0.3) is 5.56 Å². The van der Waals surface area contributed by atoms with Crippen LogP contribution in [0, 0.1) is 6.92 Å². The molecule has 29 heavy (non-hydrogen) atoms. The zero-order valence-corrected chi connectivity index (χ0v) is 17.9. The smallest absolute Gasteiger partial charge is 0.255 e. The molecule has 0 bridgehead atoms. The summed E-state index contributed by atoms with van der Waals surface area (Å²) in [6, 6.07) is 15.2. The van der Waals surface area contributed by atoms with Crippen molar-refractivity contribution >= 4 is 35.0 Å². The Morgan fingerprint density at radius 3 is 2.72 bits per heavy atom. The van der Waals surface area contributed by atoms with Gasteiger partial charge in [0.2, 0.25) is 5.91 Å². The molecule has 0 saturated heterocycles. The Hall–Kier alpha value is -2.57. The molecule has 5 nitrogen and oxygen atoms in total. The number of aryl methyl sites for hydroxylation is 2. The molecule has 0 aliphatic carbocycles. The van der Waals surface area contributed by atoms with Crippen LogP contribution in [-0.2, 0) is 23.4 Å². The van der Waals surface area contributed by atoms with Crippen LogP contribution >= 0.6 is 23.4 Å². The molecule has 0 radical (unpaired) electrons. The van der Waals surface area contributed by atoms with E-state index in [2.05, 4.69) is 15.3 Å². The number of carbonyl (C=O) groups excluding carboxylic acids is 1. The average Bonchev–Trinajstić information content (AvgIpc) is 2.69. The highest BCUT2D eigenvalue weighted by Crippen LogP contribution is 2.21. The van der Waals surface area contributed by atoms with Crippen molar-refractivity contribution in [3.8, 4) is 0 Å². The molecular formula is C22H22ClN3O2S. The summed E-state index contributed by atoms with van der Waals surface area (Å²) >= 11 is 7.42. The molecule has 0 fully saturated rings. The molecule has 1 heterocycles. The van der Waals surface area contributed by atoms with Gasteiger partial charge in [-0.1, -0.05) is 60.6 Å². The number of hydrogen-bond donors (Lipinski definition) is 2. The van der Waals surface area contributed by atoms with Crippen LogP contribution in [0.25, 0.3) is 0 Å². The van der Waals surface area contributed by atoms with Gasteiger partial charge in [0.1, 0.15) is 0 Å². The monoisotopic (exact) mass is 427 g/mol. The van der Waals surface area contributed by atoms with E-state index in [1.165, 1.54) is 11.8 Å². The lowest BCUT2D eigenvalue weighted by Gasteiger charge is -2.11. The maximum atomic E-state index is 12.5. The molecular weight excluding hydrogens is 406 g/mol. The number of para-hydroxylation sites is 1. The van der Waals surface area contributed by atoms with E-state index in [4.69, 9.17) is 11.6 Å². The van der Waals surface area contributed by atoms with Crippen molar-refractivity contribution in [3.63, 3.8) is 0 Å². The van der Waals surface area contributed by atoms with E-state index in [0.717, 1.165) is 23.2 Å². The van der Waals surface area contributed by atoms with Gasteiger partial charge in [-0.3, -0.25) is 9.59 Å². The number of thioether (sulfide) groups is 1. The number of benzene rings is 2. The summed E-state index contributed by atoms with van der Waals surface area (Å²) in [4.78, 5) is 32.2. The third kappa shape index (κ3) is 5.71. The second kappa shape index (κ2) is 9.76. The summed E-state index contributed by atoms with van der Waals surface area (Å²) in [7, 11) is 0. The summed E-state index contributed by atoms with van der Waals surface area (Å²) in [5.74, 6) is 0.400. The lowest BCUT2D eigenvalue weighted by Crippen LogP contribution is -2.24.